The van der Waals surface area contributed by atoms with Crippen molar-refractivity contribution < 1.29 is 14.3 Å². The molecule has 1 aromatic heterocycles. The highest BCUT2D eigenvalue weighted by Gasteiger charge is 2.57. The normalized spacial score (nSPS) is 32.7. The smallest absolute Gasteiger partial charge is 0.223 e. The molecule has 5 fully saturated rings. The number of fused-ring (bicyclic) bond motifs is 1. The van der Waals surface area contributed by atoms with Crippen molar-refractivity contribution in [3.8, 4) is 5.75 Å². The fraction of sp³-hybridized carbons (Fsp3) is 0.621. The van der Waals surface area contributed by atoms with Crippen molar-refractivity contribution in [3.63, 3.8) is 0 Å². The monoisotopic (exact) mass is 460 g/mol. The number of ketones is 1. The lowest BCUT2D eigenvalue weighted by Gasteiger charge is -2.58. The number of Topliss-reactive ketones (excluding diaryl/α,β-unsaturated/α-hetero) is 1. The first-order chi connectivity index (χ1) is 16.5. The Hall–Kier alpha value is -2.43. The van der Waals surface area contributed by atoms with Crippen molar-refractivity contribution in [2.24, 2.45) is 40.7 Å². The molecule has 4 bridgehead atoms. The lowest BCUT2D eigenvalue weighted by Crippen LogP contribution is -2.56. The van der Waals surface area contributed by atoms with Gasteiger partial charge in [-0.1, -0.05) is 37.5 Å². The number of nitrogens with zero attached hydrogens (tertiary/aromatic N) is 1. The summed E-state index contributed by atoms with van der Waals surface area (Å²) in [7, 11) is 0. The van der Waals surface area contributed by atoms with Crippen molar-refractivity contribution in [1.82, 2.24) is 4.98 Å². The fourth-order valence-electron chi connectivity index (χ4n) is 8.04. The summed E-state index contributed by atoms with van der Waals surface area (Å²) in [5, 5.41) is 1.01. The van der Waals surface area contributed by atoms with Crippen molar-refractivity contribution >= 4 is 22.6 Å². The van der Waals surface area contributed by atoms with E-state index < -0.39 is 0 Å². The molecule has 2 aromatic rings. The number of carbonyl (C=O) groups excluding carboxylic acids is 2. The largest absolute Gasteiger partial charge is 0.491 e. The number of amides is 1. The van der Waals surface area contributed by atoms with E-state index in [1.165, 1.54) is 32.1 Å². The van der Waals surface area contributed by atoms with Gasteiger partial charge in [0.2, 0.25) is 5.91 Å². The van der Waals surface area contributed by atoms with Gasteiger partial charge in [0.1, 0.15) is 17.0 Å². The minimum Gasteiger partial charge on any atom is -0.491 e. The zero-order valence-corrected chi connectivity index (χ0v) is 20.0. The number of hydrogen-bond donors (Lipinski definition) is 1. The van der Waals surface area contributed by atoms with Crippen LogP contribution in [0.5, 0.6) is 5.75 Å². The fourth-order valence-corrected chi connectivity index (χ4v) is 8.04. The molecule has 0 saturated heterocycles. The first-order valence-electron chi connectivity index (χ1n) is 13.4. The van der Waals surface area contributed by atoms with Gasteiger partial charge < -0.3 is 10.5 Å². The van der Waals surface area contributed by atoms with Crippen LogP contribution in [0, 0.1) is 35.0 Å². The van der Waals surface area contributed by atoms with Gasteiger partial charge in [-0.2, -0.15) is 0 Å². The van der Waals surface area contributed by atoms with Crippen LogP contribution >= 0.6 is 0 Å². The van der Waals surface area contributed by atoms with Crippen LogP contribution in [0.4, 0.5) is 0 Å². The van der Waals surface area contributed by atoms with Crippen molar-refractivity contribution in [1.29, 1.82) is 0 Å². The summed E-state index contributed by atoms with van der Waals surface area (Å²) in [6, 6.07) is 9.89. The molecule has 5 heteroatoms. The topological polar surface area (TPSA) is 82.3 Å². The second-order valence-corrected chi connectivity index (χ2v) is 11.7. The third-order valence-electron chi connectivity index (χ3n) is 9.58. The van der Waals surface area contributed by atoms with Gasteiger partial charge in [0.25, 0.3) is 0 Å². The van der Waals surface area contributed by atoms with Crippen LogP contribution in [-0.4, -0.2) is 23.3 Å². The van der Waals surface area contributed by atoms with E-state index in [4.69, 9.17) is 15.5 Å². The van der Waals surface area contributed by atoms with Gasteiger partial charge in [0.15, 0.2) is 5.78 Å². The second-order valence-electron chi connectivity index (χ2n) is 11.7. The Labute approximate surface area is 201 Å². The highest BCUT2D eigenvalue weighted by Crippen LogP contribution is 2.62. The maximum absolute atomic E-state index is 13.4. The summed E-state index contributed by atoms with van der Waals surface area (Å²) in [6.07, 6.45) is 11.9. The molecule has 2 atom stereocenters. The molecule has 7 rings (SSSR count). The summed E-state index contributed by atoms with van der Waals surface area (Å²) in [5.74, 6) is 3.26. The van der Waals surface area contributed by atoms with Crippen LogP contribution in [0.25, 0.3) is 10.9 Å². The number of benzene rings is 1. The lowest BCUT2D eigenvalue weighted by atomic mass is 9.45. The van der Waals surface area contributed by atoms with Gasteiger partial charge in [-0.25, -0.2) is 4.98 Å². The van der Waals surface area contributed by atoms with Crippen LogP contribution in [0.3, 0.4) is 0 Å². The maximum Gasteiger partial charge on any atom is 0.223 e. The minimum absolute atomic E-state index is 0.117. The zero-order chi connectivity index (χ0) is 23.3. The highest BCUT2D eigenvalue weighted by atomic mass is 16.5. The van der Waals surface area contributed by atoms with Crippen molar-refractivity contribution in [3.05, 3.63) is 36.0 Å². The van der Waals surface area contributed by atoms with Gasteiger partial charge in [-0.15, -0.1) is 0 Å². The second kappa shape index (κ2) is 8.66. The SMILES string of the molecule is NC(=O)C12CC3CC(C1)C(CC(=O)c1ccc4cccc(OCC5CCCCC5)c4n1)C(C3)C2. The Balaban J connectivity index is 1.19. The first-order valence-corrected chi connectivity index (χ1v) is 13.4. The average molecular weight is 461 g/mol. The van der Waals surface area contributed by atoms with Crippen molar-refractivity contribution in [2.75, 3.05) is 6.61 Å². The van der Waals surface area contributed by atoms with Crippen molar-refractivity contribution in [2.45, 2.75) is 70.6 Å². The molecule has 2 N–H and O–H groups in total. The molecular weight excluding hydrogens is 424 g/mol. The van der Waals surface area contributed by atoms with E-state index in [-0.39, 0.29) is 17.1 Å². The van der Waals surface area contributed by atoms with Crippen LogP contribution < -0.4 is 10.5 Å². The Bertz CT molecular complexity index is 1090. The number of primary amides is 1. The standard InChI is InChI=1S/C29H36N2O3/c30-28(33)29-14-19-11-21(15-29)23(22(12-19)16-29)13-25(32)24-10-9-20-7-4-8-26(27(20)31-24)34-17-18-5-2-1-3-6-18/h4,7-10,18-19,21-23H,1-3,5-6,11-17H2,(H2,30,33). The molecule has 5 nitrogen and oxygen atoms in total. The molecular formula is C29H36N2O3. The van der Waals surface area contributed by atoms with Gasteiger partial charge in [0.05, 0.1) is 6.61 Å². The molecule has 5 aliphatic rings. The molecule has 0 spiro atoms. The molecule has 0 radical (unpaired) electrons. The third kappa shape index (κ3) is 3.91. The van der Waals surface area contributed by atoms with Gasteiger partial charge in [0, 0.05) is 17.2 Å². The minimum atomic E-state index is -0.304. The Morgan fingerprint density at radius 2 is 1.76 bits per heavy atom. The summed E-state index contributed by atoms with van der Waals surface area (Å²) < 4.78 is 6.24. The van der Waals surface area contributed by atoms with Gasteiger partial charge >= 0.3 is 0 Å². The zero-order valence-electron chi connectivity index (χ0n) is 20.0. The molecule has 1 heterocycles. The molecule has 180 valence electrons. The van der Waals surface area contributed by atoms with E-state index in [2.05, 4.69) is 0 Å². The molecule has 34 heavy (non-hydrogen) atoms. The van der Waals surface area contributed by atoms with E-state index >= 15 is 0 Å². The average Bonchev–Trinajstić information content (AvgIpc) is 2.84. The number of pyridine rings is 1. The van der Waals surface area contributed by atoms with Crippen LogP contribution in [-0.2, 0) is 4.79 Å². The van der Waals surface area contributed by atoms with E-state index in [9.17, 15) is 9.59 Å². The molecule has 2 unspecified atom stereocenters. The summed E-state index contributed by atoms with van der Waals surface area (Å²) in [4.78, 5) is 30.5. The van der Waals surface area contributed by atoms with Crippen LogP contribution in [0.15, 0.2) is 30.3 Å². The van der Waals surface area contributed by atoms with Crippen LogP contribution in [0.1, 0.15) is 81.1 Å². The maximum atomic E-state index is 13.4. The number of nitrogens with two attached hydrogens (primary N) is 1. The van der Waals surface area contributed by atoms with E-state index in [0.717, 1.165) is 55.4 Å². The summed E-state index contributed by atoms with van der Waals surface area (Å²) >= 11 is 0. The van der Waals surface area contributed by atoms with E-state index in [1.807, 2.05) is 30.3 Å². The summed E-state index contributed by atoms with van der Waals surface area (Å²) in [5.41, 5.74) is 6.87. The predicted octanol–water partition coefficient (Wildman–Crippen LogP) is 5.69. The molecule has 1 amide bonds. The lowest BCUT2D eigenvalue weighted by molar-refractivity contribution is -0.149. The highest BCUT2D eigenvalue weighted by molar-refractivity contribution is 5.97. The molecule has 5 aliphatic carbocycles. The number of carbonyl (C=O) groups is 2. The number of aromatic nitrogens is 1. The van der Waals surface area contributed by atoms with E-state index in [0.29, 0.717) is 41.7 Å². The number of rotatable bonds is 7. The summed E-state index contributed by atoms with van der Waals surface area (Å²) in [6.45, 7) is 0.729. The molecule has 1 aromatic carbocycles. The Kier molecular flexibility index (Phi) is 5.62. The first kappa shape index (κ1) is 22.1. The Morgan fingerprint density at radius 3 is 2.50 bits per heavy atom. The number of hydrogen-bond acceptors (Lipinski definition) is 4. The Morgan fingerprint density at radius 1 is 1.00 bits per heavy atom. The third-order valence-corrected chi connectivity index (χ3v) is 9.58. The van der Waals surface area contributed by atoms with E-state index in [1.54, 1.807) is 0 Å². The predicted molar refractivity (Wildman–Crippen MR) is 131 cm³/mol. The quantitative estimate of drug-likeness (QED) is 0.538. The van der Waals surface area contributed by atoms with Crippen LogP contribution in [0.2, 0.25) is 0 Å². The number of para-hydroxylation sites is 1. The molecule has 0 aliphatic heterocycles. The van der Waals surface area contributed by atoms with Gasteiger partial charge in [-0.05, 0) is 86.7 Å². The van der Waals surface area contributed by atoms with Gasteiger partial charge in [-0.3, -0.25) is 9.59 Å². The molecule has 5 saturated carbocycles. The number of ether oxygens (including phenoxy) is 1.